The van der Waals surface area contributed by atoms with Gasteiger partial charge in [-0.15, -0.1) is 0 Å². The summed E-state index contributed by atoms with van der Waals surface area (Å²) < 4.78 is 84.8. The van der Waals surface area contributed by atoms with Crippen molar-refractivity contribution in [1.29, 1.82) is 0 Å². The lowest BCUT2D eigenvalue weighted by molar-refractivity contribution is 0.384. The Morgan fingerprint density at radius 3 is 1.76 bits per heavy atom. The molecule has 1 N–H and O–H groups in total. The second-order valence-electron chi connectivity index (χ2n) is 3.80. The summed E-state index contributed by atoms with van der Waals surface area (Å²) in [4.78, 5) is -2.80. The standard InChI is InChI=1S/C12H6F4O3S2/c13-7-9(15)12(21(17,18)19)10(16)8(14)11(7)20-6-4-2-1-3-5-6/h1-5H,(H,17,18,19). The maximum absolute atomic E-state index is 13.7. The van der Waals surface area contributed by atoms with Crippen LogP contribution in [0.1, 0.15) is 0 Å². The van der Waals surface area contributed by atoms with Gasteiger partial charge < -0.3 is 0 Å². The van der Waals surface area contributed by atoms with E-state index in [-0.39, 0.29) is 4.90 Å². The topological polar surface area (TPSA) is 54.4 Å². The molecule has 0 spiro atoms. The van der Waals surface area contributed by atoms with Gasteiger partial charge >= 0.3 is 10.1 Å². The van der Waals surface area contributed by atoms with Gasteiger partial charge in [-0.3, -0.25) is 4.55 Å². The highest BCUT2D eigenvalue weighted by Crippen LogP contribution is 2.36. The molecule has 0 amide bonds. The number of hydrogen-bond acceptors (Lipinski definition) is 3. The third-order valence-electron chi connectivity index (χ3n) is 2.40. The molecule has 0 aromatic heterocycles. The summed E-state index contributed by atoms with van der Waals surface area (Å²) in [6.45, 7) is 0. The highest BCUT2D eigenvalue weighted by atomic mass is 32.2. The molecule has 0 heterocycles. The van der Waals surface area contributed by atoms with E-state index in [4.69, 9.17) is 4.55 Å². The average Bonchev–Trinajstić information content (AvgIpc) is 2.41. The Hall–Kier alpha value is -1.58. The van der Waals surface area contributed by atoms with Gasteiger partial charge in [0.05, 0.1) is 4.90 Å². The summed E-state index contributed by atoms with van der Waals surface area (Å²) in [5, 5.41) is 0. The zero-order valence-corrected chi connectivity index (χ0v) is 11.6. The highest BCUT2D eigenvalue weighted by Gasteiger charge is 2.32. The van der Waals surface area contributed by atoms with Crippen LogP contribution in [0.2, 0.25) is 0 Å². The highest BCUT2D eigenvalue weighted by molar-refractivity contribution is 7.99. The average molecular weight is 338 g/mol. The lowest BCUT2D eigenvalue weighted by Gasteiger charge is -2.09. The number of rotatable bonds is 3. The van der Waals surface area contributed by atoms with Crippen LogP contribution >= 0.6 is 11.8 Å². The first-order valence-electron chi connectivity index (χ1n) is 5.29. The second-order valence-corrected chi connectivity index (χ2v) is 6.25. The first-order chi connectivity index (χ1) is 9.73. The lowest BCUT2D eigenvalue weighted by Crippen LogP contribution is -2.11. The molecule has 9 heteroatoms. The van der Waals surface area contributed by atoms with Gasteiger partial charge in [-0.05, 0) is 12.1 Å². The second kappa shape index (κ2) is 5.66. The van der Waals surface area contributed by atoms with E-state index >= 15 is 0 Å². The minimum Gasteiger partial charge on any atom is -0.282 e. The van der Waals surface area contributed by atoms with Gasteiger partial charge in [0.15, 0.2) is 28.2 Å². The molecular weight excluding hydrogens is 332 g/mol. The van der Waals surface area contributed by atoms with Crippen molar-refractivity contribution in [3.63, 3.8) is 0 Å². The molecule has 2 aromatic carbocycles. The van der Waals surface area contributed by atoms with Crippen molar-refractivity contribution in [2.24, 2.45) is 0 Å². The summed E-state index contributed by atoms with van der Waals surface area (Å²) in [5.74, 6) is -8.13. The minimum atomic E-state index is -5.44. The summed E-state index contributed by atoms with van der Waals surface area (Å²) >= 11 is 0.382. The number of benzene rings is 2. The van der Waals surface area contributed by atoms with Gasteiger partial charge in [-0.2, -0.15) is 8.42 Å². The Labute approximate surface area is 121 Å². The van der Waals surface area contributed by atoms with Gasteiger partial charge in [-0.25, -0.2) is 17.6 Å². The third kappa shape index (κ3) is 3.04. The van der Waals surface area contributed by atoms with Gasteiger partial charge in [-0.1, -0.05) is 30.0 Å². The van der Waals surface area contributed by atoms with Gasteiger partial charge in [0, 0.05) is 4.90 Å². The normalized spacial score (nSPS) is 11.7. The Bertz CT molecular complexity index is 763. The zero-order valence-electron chi connectivity index (χ0n) is 9.98. The van der Waals surface area contributed by atoms with Crippen LogP contribution in [0.25, 0.3) is 0 Å². The monoisotopic (exact) mass is 338 g/mol. The SMILES string of the molecule is O=S(=O)(O)c1c(F)c(F)c(Sc2ccccc2)c(F)c1F. The molecule has 0 fully saturated rings. The van der Waals surface area contributed by atoms with E-state index in [1.807, 2.05) is 0 Å². The van der Waals surface area contributed by atoms with Crippen LogP contribution in [-0.4, -0.2) is 13.0 Å². The van der Waals surface area contributed by atoms with Gasteiger partial charge in [0.25, 0.3) is 0 Å². The Kier molecular flexibility index (Phi) is 4.26. The molecule has 0 saturated heterocycles. The molecule has 0 atom stereocenters. The Balaban J connectivity index is 2.65. The Morgan fingerprint density at radius 2 is 1.33 bits per heavy atom. The first kappa shape index (κ1) is 15.8. The summed E-state index contributed by atoms with van der Waals surface area (Å²) in [6, 6.07) is 7.58. The van der Waals surface area contributed by atoms with Crippen LogP contribution in [0.3, 0.4) is 0 Å². The molecular formula is C12H6F4O3S2. The molecule has 0 radical (unpaired) electrons. The van der Waals surface area contributed by atoms with Crippen molar-refractivity contribution in [3.05, 3.63) is 53.6 Å². The van der Waals surface area contributed by atoms with Crippen LogP contribution in [0.5, 0.6) is 0 Å². The predicted octanol–water partition coefficient (Wildman–Crippen LogP) is 3.64. The van der Waals surface area contributed by atoms with Crippen molar-refractivity contribution in [2.75, 3.05) is 0 Å². The van der Waals surface area contributed by atoms with E-state index in [1.54, 1.807) is 6.07 Å². The summed E-state index contributed by atoms with van der Waals surface area (Å²) in [5.41, 5.74) is 0. The third-order valence-corrected chi connectivity index (χ3v) is 4.35. The lowest BCUT2D eigenvalue weighted by atomic mass is 10.3. The van der Waals surface area contributed by atoms with E-state index in [0.29, 0.717) is 11.8 Å². The van der Waals surface area contributed by atoms with Crippen LogP contribution in [-0.2, 0) is 10.1 Å². The molecule has 2 rings (SSSR count). The first-order valence-corrected chi connectivity index (χ1v) is 7.55. The molecule has 0 saturated carbocycles. The fourth-order valence-electron chi connectivity index (χ4n) is 1.51. The summed E-state index contributed by atoms with van der Waals surface area (Å²) in [6.07, 6.45) is 0. The van der Waals surface area contributed by atoms with Crippen molar-refractivity contribution in [1.82, 2.24) is 0 Å². The molecule has 0 aliphatic heterocycles. The fraction of sp³-hybridized carbons (Fsp3) is 0. The molecule has 3 nitrogen and oxygen atoms in total. The van der Waals surface area contributed by atoms with E-state index in [2.05, 4.69) is 0 Å². The number of hydrogen-bond donors (Lipinski definition) is 1. The van der Waals surface area contributed by atoms with Crippen molar-refractivity contribution in [3.8, 4) is 0 Å². The van der Waals surface area contributed by atoms with Gasteiger partial charge in [0.1, 0.15) is 0 Å². The molecule has 112 valence electrons. The van der Waals surface area contributed by atoms with Gasteiger partial charge in [0.2, 0.25) is 0 Å². The van der Waals surface area contributed by atoms with Crippen LogP contribution in [0.15, 0.2) is 45.0 Å². The Morgan fingerprint density at radius 1 is 0.857 bits per heavy atom. The van der Waals surface area contributed by atoms with Crippen molar-refractivity contribution >= 4 is 21.9 Å². The zero-order chi connectivity index (χ0) is 15.8. The van der Waals surface area contributed by atoms with Crippen molar-refractivity contribution in [2.45, 2.75) is 14.7 Å². The van der Waals surface area contributed by atoms with Crippen LogP contribution < -0.4 is 0 Å². The minimum absolute atomic E-state index is 0.286. The fourth-order valence-corrected chi connectivity index (χ4v) is 3.03. The smallest absolute Gasteiger partial charge is 0.282 e. The van der Waals surface area contributed by atoms with Crippen LogP contribution in [0, 0.1) is 23.3 Å². The summed E-state index contributed by atoms with van der Waals surface area (Å²) in [7, 11) is -5.44. The van der Waals surface area contributed by atoms with Crippen molar-refractivity contribution < 1.29 is 30.5 Å². The maximum atomic E-state index is 13.7. The van der Waals surface area contributed by atoms with E-state index in [1.165, 1.54) is 24.3 Å². The van der Waals surface area contributed by atoms with Crippen LogP contribution in [0.4, 0.5) is 17.6 Å². The molecule has 2 aromatic rings. The predicted molar refractivity (Wildman–Crippen MR) is 66.7 cm³/mol. The maximum Gasteiger partial charge on any atom is 0.300 e. The quantitative estimate of drug-likeness (QED) is 0.527. The molecule has 0 bridgehead atoms. The molecule has 0 aliphatic carbocycles. The van der Waals surface area contributed by atoms with E-state index in [9.17, 15) is 26.0 Å². The molecule has 0 aliphatic rings. The largest absolute Gasteiger partial charge is 0.300 e. The molecule has 21 heavy (non-hydrogen) atoms. The van der Waals surface area contributed by atoms with E-state index in [0.717, 1.165) is 0 Å². The molecule has 0 unspecified atom stereocenters. The van der Waals surface area contributed by atoms with E-state index < -0.39 is 43.2 Å². The number of halogens is 4.